The van der Waals surface area contributed by atoms with Gasteiger partial charge in [-0.15, -0.1) is 12.4 Å². The van der Waals surface area contributed by atoms with Crippen molar-refractivity contribution < 1.29 is 18.0 Å². The minimum atomic E-state index is -0.963. The number of aryl methyl sites for hydroxylation is 1. The Kier molecular flexibility index (Phi) is 7.65. The topological polar surface area (TPSA) is 86.1 Å². The van der Waals surface area contributed by atoms with E-state index >= 15 is 0 Å². The van der Waals surface area contributed by atoms with Crippen molar-refractivity contribution >= 4 is 41.5 Å². The predicted octanol–water partition coefficient (Wildman–Crippen LogP) is 3.99. The number of hydrogen-bond donors (Lipinski definition) is 2. The zero-order valence-electron chi connectivity index (χ0n) is 15.1. The highest BCUT2D eigenvalue weighted by atomic mass is 35.5. The van der Waals surface area contributed by atoms with Crippen LogP contribution >= 0.6 is 35.6 Å². The molecule has 0 radical (unpaired) electrons. The van der Waals surface area contributed by atoms with Gasteiger partial charge in [0.15, 0.2) is 17.4 Å². The van der Waals surface area contributed by atoms with Crippen molar-refractivity contribution in [1.29, 1.82) is 0 Å². The van der Waals surface area contributed by atoms with Gasteiger partial charge in [0.25, 0.3) is 5.91 Å². The number of benzene rings is 1. The van der Waals surface area contributed by atoms with E-state index < -0.39 is 23.6 Å². The van der Waals surface area contributed by atoms with Crippen LogP contribution in [-0.4, -0.2) is 28.3 Å². The molecule has 0 fully saturated rings. The molecule has 6 nitrogen and oxygen atoms in total. The van der Waals surface area contributed by atoms with Crippen molar-refractivity contribution in [2.24, 2.45) is 12.8 Å². The van der Waals surface area contributed by atoms with Crippen LogP contribution < -0.4 is 11.1 Å². The first-order valence-electron chi connectivity index (χ1n) is 8.22. The largest absolute Gasteiger partial charge is 0.439 e. The molecule has 0 unspecified atom stereocenters. The second kappa shape index (κ2) is 9.58. The van der Waals surface area contributed by atoms with Crippen LogP contribution in [0.3, 0.4) is 0 Å². The maximum Gasteiger partial charge on any atom is 0.287 e. The van der Waals surface area contributed by atoms with E-state index in [-0.39, 0.29) is 36.4 Å². The summed E-state index contributed by atoms with van der Waals surface area (Å²) in [6, 6.07) is 4.45. The average molecular weight is 466 g/mol. The average Bonchev–Trinajstić information content (AvgIpc) is 3.19. The van der Waals surface area contributed by atoms with Gasteiger partial charge < -0.3 is 15.5 Å². The summed E-state index contributed by atoms with van der Waals surface area (Å²) >= 11 is 12.2. The van der Waals surface area contributed by atoms with Crippen LogP contribution in [0.25, 0.3) is 11.3 Å². The standard InChI is InChI=1S/C18H16Cl2F2N4O2.ClH/c1-26-16(12(19)8-24-26)11-6-15(28-17(11)20)18(27)25-10(7-23)4-9-2-3-13(21)14(22)5-9;/h2-3,5-6,8,10H,4,7,23H2,1H3,(H,25,27);1H/t10-;/m0./s1. The van der Waals surface area contributed by atoms with Gasteiger partial charge in [0, 0.05) is 25.7 Å². The molecule has 156 valence electrons. The molecular weight excluding hydrogens is 449 g/mol. The number of aromatic nitrogens is 2. The number of halogens is 5. The Hall–Kier alpha value is -2.13. The third kappa shape index (κ3) is 5.08. The summed E-state index contributed by atoms with van der Waals surface area (Å²) in [6.45, 7) is 0.0829. The van der Waals surface area contributed by atoms with Gasteiger partial charge in [0.1, 0.15) is 0 Å². The number of nitrogens with one attached hydrogen (secondary N) is 1. The lowest BCUT2D eigenvalue weighted by atomic mass is 10.1. The number of amides is 1. The zero-order valence-corrected chi connectivity index (χ0v) is 17.4. The summed E-state index contributed by atoms with van der Waals surface area (Å²) in [4.78, 5) is 12.5. The van der Waals surface area contributed by atoms with E-state index in [1.807, 2.05) is 0 Å². The fraction of sp³-hybridized carbons (Fsp3) is 0.222. The molecular formula is C18H17Cl3F2N4O2. The van der Waals surface area contributed by atoms with E-state index in [2.05, 4.69) is 10.4 Å². The fourth-order valence-corrected chi connectivity index (χ4v) is 3.25. The van der Waals surface area contributed by atoms with Crippen LogP contribution in [0.4, 0.5) is 8.78 Å². The summed E-state index contributed by atoms with van der Waals surface area (Å²) in [5, 5.41) is 7.06. The van der Waals surface area contributed by atoms with E-state index in [1.54, 1.807) is 7.05 Å². The molecule has 3 N–H and O–H groups in total. The van der Waals surface area contributed by atoms with Crippen molar-refractivity contribution in [2.75, 3.05) is 6.54 Å². The van der Waals surface area contributed by atoms with E-state index in [0.29, 0.717) is 21.8 Å². The van der Waals surface area contributed by atoms with Gasteiger partial charge >= 0.3 is 0 Å². The lowest BCUT2D eigenvalue weighted by Gasteiger charge is -2.16. The van der Waals surface area contributed by atoms with Gasteiger partial charge in [-0.3, -0.25) is 9.48 Å². The van der Waals surface area contributed by atoms with E-state index in [0.717, 1.165) is 12.1 Å². The van der Waals surface area contributed by atoms with Gasteiger partial charge in [0.2, 0.25) is 5.22 Å². The molecule has 29 heavy (non-hydrogen) atoms. The molecule has 11 heteroatoms. The molecule has 1 amide bonds. The number of nitrogens with two attached hydrogens (primary N) is 1. The monoisotopic (exact) mass is 464 g/mol. The normalized spacial score (nSPS) is 11.8. The molecule has 0 spiro atoms. The summed E-state index contributed by atoms with van der Waals surface area (Å²) in [7, 11) is 1.68. The van der Waals surface area contributed by atoms with E-state index in [9.17, 15) is 13.6 Å². The first-order valence-corrected chi connectivity index (χ1v) is 8.97. The van der Waals surface area contributed by atoms with Crippen LogP contribution in [0.5, 0.6) is 0 Å². The first-order chi connectivity index (χ1) is 13.3. The molecule has 0 aliphatic carbocycles. The van der Waals surface area contributed by atoms with Crippen LogP contribution in [0.15, 0.2) is 34.9 Å². The SMILES string of the molecule is Cl.Cn1ncc(Cl)c1-c1cc(C(=O)N[C@H](CN)Cc2ccc(F)c(F)c2)oc1Cl. The number of hydrogen-bond acceptors (Lipinski definition) is 4. The lowest BCUT2D eigenvalue weighted by Crippen LogP contribution is -2.41. The summed E-state index contributed by atoms with van der Waals surface area (Å²) in [5.74, 6) is -2.50. The number of rotatable bonds is 6. The Morgan fingerprint density at radius 3 is 2.62 bits per heavy atom. The molecule has 0 saturated heterocycles. The van der Waals surface area contributed by atoms with E-state index in [1.165, 1.54) is 23.0 Å². The molecule has 0 aliphatic heterocycles. The second-order valence-electron chi connectivity index (χ2n) is 6.12. The molecule has 2 heterocycles. The third-order valence-corrected chi connectivity index (χ3v) is 4.70. The highest BCUT2D eigenvalue weighted by Crippen LogP contribution is 2.35. The van der Waals surface area contributed by atoms with Crippen LogP contribution in [0.1, 0.15) is 16.1 Å². The summed E-state index contributed by atoms with van der Waals surface area (Å²) in [6.07, 6.45) is 1.67. The molecule has 0 aliphatic rings. The van der Waals surface area contributed by atoms with Crippen molar-refractivity contribution in [3.63, 3.8) is 0 Å². The highest BCUT2D eigenvalue weighted by Gasteiger charge is 2.22. The predicted molar refractivity (Wildman–Crippen MR) is 109 cm³/mol. The van der Waals surface area contributed by atoms with Crippen molar-refractivity contribution in [1.82, 2.24) is 15.1 Å². The smallest absolute Gasteiger partial charge is 0.287 e. The van der Waals surface area contributed by atoms with Crippen LogP contribution in [-0.2, 0) is 13.5 Å². The molecule has 1 atom stereocenters. The number of carbonyl (C=O) groups excluding carboxylic acids is 1. The Balaban J connectivity index is 0.00000300. The number of nitrogens with zero attached hydrogens (tertiary/aromatic N) is 2. The van der Waals surface area contributed by atoms with Gasteiger partial charge in [-0.05, 0) is 35.7 Å². The van der Waals surface area contributed by atoms with Crippen LogP contribution in [0, 0.1) is 11.6 Å². The first kappa shape index (κ1) is 23.2. The van der Waals surface area contributed by atoms with Crippen molar-refractivity contribution in [3.05, 3.63) is 63.7 Å². The second-order valence-corrected chi connectivity index (χ2v) is 6.87. The Labute approximate surface area is 181 Å². The molecule has 2 aromatic heterocycles. The minimum Gasteiger partial charge on any atom is -0.439 e. The summed E-state index contributed by atoms with van der Waals surface area (Å²) in [5.41, 5.74) is 7.12. The molecule has 3 rings (SSSR count). The third-order valence-electron chi connectivity index (χ3n) is 4.15. The van der Waals surface area contributed by atoms with Gasteiger partial charge in [-0.25, -0.2) is 8.78 Å². The quantitative estimate of drug-likeness (QED) is 0.576. The minimum absolute atomic E-state index is 0. The Morgan fingerprint density at radius 2 is 2.03 bits per heavy atom. The molecule has 1 aromatic carbocycles. The molecule has 0 saturated carbocycles. The maximum absolute atomic E-state index is 13.4. The number of furan rings is 1. The van der Waals surface area contributed by atoms with Crippen LogP contribution in [0.2, 0.25) is 10.2 Å². The lowest BCUT2D eigenvalue weighted by molar-refractivity contribution is 0.0910. The van der Waals surface area contributed by atoms with E-state index in [4.69, 9.17) is 33.4 Å². The number of carbonyl (C=O) groups is 1. The van der Waals surface area contributed by atoms with Gasteiger partial charge in [0.05, 0.1) is 22.5 Å². The highest BCUT2D eigenvalue weighted by molar-refractivity contribution is 6.35. The Morgan fingerprint density at radius 1 is 1.31 bits per heavy atom. The molecule has 0 bridgehead atoms. The van der Waals surface area contributed by atoms with Crippen molar-refractivity contribution in [2.45, 2.75) is 12.5 Å². The zero-order chi connectivity index (χ0) is 20.4. The van der Waals surface area contributed by atoms with Gasteiger partial charge in [-0.2, -0.15) is 5.10 Å². The van der Waals surface area contributed by atoms with Crippen molar-refractivity contribution in [3.8, 4) is 11.3 Å². The molecule has 3 aromatic rings. The maximum atomic E-state index is 13.4. The Bertz CT molecular complexity index is 1000. The van der Waals surface area contributed by atoms with Gasteiger partial charge in [-0.1, -0.05) is 17.7 Å². The summed E-state index contributed by atoms with van der Waals surface area (Å²) < 4.78 is 33.3. The fourth-order valence-electron chi connectivity index (χ4n) is 2.76.